The van der Waals surface area contributed by atoms with E-state index in [1.165, 1.54) is 10.6 Å². The molecule has 2 rings (SSSR count). The van der Waals surface area contributed by atoms with Crippen LogP contribution in [0.4, 0.5) is 0 Å². The smallest absolute Gasteiger partial charge is 0.267 e. The minimum Gasteiger partial charge on any atom is -0.267 e. The normalized spacial score (nSPS) is 10.9. The molecule has 5 heteroatoms. The lowest BCUT2D eigenvalue weighted by molar-refractivity contribution is 0.844. The summed E-state index contributed by atoms with van der Waals surface area (Å²) < 4.78 is 1.23. The summed E-state index contributed by atoms with van der Waals surface area (Å²) in [6.07, 6.45) is 0. The summed E-state index contributed by atoms with van der Waals surface area (Å²) in [6.45, 7) is 5.52. The first-order valence-electron chi connectivity index (χ1n) is 4.54. The van der Waals surface area contributed by atoms with Crippen molar-refractivity contribution < 1.29 is 0 Å². The number of rotatable bonds is 0. The lowest BCUT2D eigenvalue weighted by atomic mass is 10.2. The van der Waals surface area contributed by atoms with Crippen LogP contribution in [0.5, 0.6) is 0 Å². The summed E-state index contributed by atoms with van der Waals surface area (Å²) in [5.74, 6) is 0. The molecular formula is C10H10ClN3O. The van der Waals surface area contributed by atoms with Crippen LogP contribution in [0.25, 0.3) is 5.65 Å². The zero-order valence-electron chi connectivity index (χ0n) is 8.71. The maximum Gasteiger partial charge on any atom is 0.274 e. The Bertz CT molecular complexity index is 604. The summed E-state index contributed by atoms with van der Waals surface area (Å²) in [7, 11) is 0. The van der Waals surface area contributed by atoms with Crippen LogP contribution in [0.2, 0.25) is 5.15 Å². The number of hydrogen-bond acceptors (Lipinski definition) is 3. The Morgan fingerprint density at radius 3 is 2.60 bits per heavy atom. The van der Waals surface area contributed by atoms with E-state index in [2.05, 4.69) is 10.1 Å². The van der Waals surface area contributed by atoms with Gasteiger partial charge in [0.2, 0.25) is 0 Å². The monoisotopic (exact) mass is 223 g/mol. The van der Waals surface area contributed by atoms with Gasteiger partial charge in [0.15, 0.2) is 10.8 Å². The van der Waals surface area contributed by atoms with Crippen LogP contribution >= 0.6 is 11.6 Å². The number of nitrogens with zero attached hydrogens (tertiary/aromatic N) is 3. The molecule has 4 nitrogen and oxygen atoms in total. The molecule has 0 fully saturated rings. The molecule has 0 saturated heterocycles. The van der Waals surface area contributed by atoms with Gasteiger partial charge in [0, 0.05) is 11.8 Å². The van der Waals surface area contributed by atoms with Gasteiger partial charge in [-0.3, -0.25) is 4.79 Å². The number of fused-ring (bicyclic) bond motifs is 1. The predicted molar refractivity (Wildman–Crippen MR) is 58.5 cm³/mol. The van der Waals surface area contributed by atoms with Gasteiger partial charge in [-0.25, -0.2) is 4.98 Å². The van der Waals surface area contributed by atoms with Crippen LogP contribution < -0.4 is 5.56 Å². The molecule has 2 aromatic heterocycles. The van der Waals surface area contributed by atoms with Gasteiger partial charge in [0.05, 0.1) is 0 Å². The Hall–Kier alpha value is -1.42. The first-order chi connectivity index (χ1) is 7.00. The third-order valence-electron chi connectivity index (χ3n) is 2.42. The number of aryl methyl sites for hydroxylation is 2. The average molecular weight is 224 g/mol. The van der Waals surface area contributed by atoms with Crippen molar-refractivity contribution in [1.29, 1.82) is 0 Å². The third-order valence-corrected chi connectivity index (χ3v) is 2.78. The average Bonchev–Trinajstić information content (AvgIpc) is 2.17. The van der Waals surface area contributed by atoms with E-state index in [1.54, 1.807) is 6.92 Å². The van der Waals surface area contributed by atoms with Gasteiger partial charge in [0.25, 0.3) is 5.56 Å². The second-order valence-electron chi connectivity index (χ2n) is 3.51. The highest BCUT2D eigenvalue weighted by molar-refractivity contribution is 6.30. The fraction of sp³-hybridized carbons (Fsp3) is 0.300. The zero-order valence-corrected chi connectivity index (χ0v) is 9.46. The summed E-state index contributed by atoms with van der Waals surface area (Å²) in [6, 6.07) is 1.44. The standard InChI is InChI=1S/C10H10ClN3O/c1-5-4-8(15)14-10(12-5)7(3)6(2)9(11)13-14/h4H,1-3H3. The molecule has 0 unspecified atom stereocenters. The van der Waals surface area contributed by atoms with Gasteiger partial charge in [-0.05, 0) is 31.9 Å². The second-order valence-corrected chi connectivity index (χ2v) is 3.87. The fourth-order valence-electron chi connectivity index (χ4n) is 1.42. The first-order valence-corrected chi connectivity index (χ1v) is 4.92. The maximum atomic E-state index is 11.6. The summed E-state index contributed by atoms with van der Waals surface area (Å²) in [5.41, 5.74) is 2.79. The van der Waals surface area contributed by atoms with Gasteiger partial charge in [0.1, 0.15) is 0 Å². The molecule has 15 heavy (non-hydrogen) atoms. The van der Waals surface area contributed by atoms with Crippen LogP contribution in [-0.4, -0.2) is 14.6 Å². The second kappa shape index (κ2) is 3.31. The topological polar surface area (TPSA) is 47.3 Å². The van der Waals surface area contributed by atoms with Crippen LogP contribution in [0, 0.1) is 20.8 Å². The highest BCUT2D eigenvalue weighted by Crippen LogP contribution is 2.17. The fourth-order valence-corrected chi connectivity index (χ4v) is 1.63. The highest BCUT2D eigenvalue weighted by atomic mass is 35.5. The van der Waals surface area contributed by atoms with Crippen molar-refractivity contribution in [2.75, 3.05) is 0 Å². The molecule has 0 aliphatic heterocycles. The van der Waals surface area contributed by atoms with E-state index in [4.69, 9.17) is 11.6 Å². The zero-order chi connectivity index (χ0) is 11.2. The number of aromatic nitrogens is 3. The van der Waals surface area contributed by atoms with Crippen LogP contribution in [-0.2, 0) is 0 Å². The Kier molecular flexibility index (Phi) is 2.23. The molecule has 0 bridgehead atoms. The van der Waals surface area contributed by atoms with Crippen molar-refractivity contribution in [3.8, 4) is 0 Å². The maximum absolute atomic E-state index is 11.6. The van der Waals surface area contributed by atoms with Gasteiger partial charge in [-0.15, -0.1) is 0 Å². The Morgan fingerprint density at radius 2 is 1.93 bits per heavy atom. The molecule has 2 aromatic rings. The molecule has 78 valence electrons. The van der Waals surface area contributed by atoms with E-state index in [0.29, 0.717) is 16.5 Å². The molecule has 0 amide bonds. The van der Waals surface area contributed by atoms with E-state index in [1.807, 2.05) is 13.8 Å². The van der Waals surface area contributed by atoms with Crippen molar-refractivity contribution in [2.45, 2.75) is 20.8 Å². The Morgan fingerprint density at radius 1 is 1.27 bits per heavy atom. The minimum atomic E-state index is -0.206. The number of hydrogen-bond donors (Lipinski definition) is 0. The highest BCUT2D eigenvalue weighted by Gasteiger charge is 2.09. The van der Waals surface area contributed by atoms with Gasteiger partial charge < -0.3 is 0 Å². The summed E-state index contributed by atoms with van der Waals surface area (Å²) >= 11 is 5.91. The van der Waals surface area contributed by atoms with Crippen LogP contribution in [0.3, 0.4) is 0 Å². The molecular weight excluding hydrogens is 214 g/mol. The number of halogens is 1. The van der Waals surface area contributed by atoms with Crippen LogP contribution in [0.1, 0.15) is 16.8 Å². The van der Waals surface area contributed by atoms with Gasteiger partial charge in [-0.2, -0.15) is 9.61 Å². The van der Waals surface area contributed by atoms with Crippen molar-refractivity contribution in [3.05, 3.63) is 38.4 Å². The molecule has 0 aliphatic rings. The molecule has 0 spiro atoms. The van der Waals surface area contributed by atoms with E-state index in [0.717, 1.165) is 11.1 Å². The molecule has 0 saturated carbocycles. The molecule has 2 heterocycles. The molecule has 0 aliphatic carbocycles. The quantitative estimate of drug-likeness (QED) is 0.683. The van der Waals surface area contributed by atoms with E-state index in [-0.39, 0.29) is 5.56 Å². The largest absolute Gasteiger partial charge is 0.274 e. The predicted octanol–water partition coefficient (Wildman–Crippen LogP) is 1.67. The summed E-state index contributed by atoms with van der Waals surface area (Å²) in [4.78, 5) is 15.9. The van der Waals surface area contributed by atoms with Crippen molar-refractivity contribution >= 4 is 17.2 Å². The van der Waals surface area contributed by atoms with Crippen LogP contribution in [0.15, 0.2) is 10.9 Å². The lowest BCUT2D eigenvalue weighted by Crippen LogP contribution is -2.19. The van der Waals surface area contributed by atoms with E-state index >= 15 is 0 Å². The Balaban J connectivity index is 3.05. The molecule has 0 radical (unpaired) electrons. The lowest BCUT2D eigenvalue weighted by Gasteiger charge is -2.07. The van der Waals surface area contributed by atoms with Crippen molar-refractivity contribution in [3.63, 3.8) is 0 Å². The molecule has 0 aromatic carbocycles. The molecule has 0 atom stereocenters. The van der Waals surface area contributed by atoms with Crippen molar-refractivity contribution in [1.82, 2.24) is 14.6 Å². The first kappa shape index (κ1) is 10.1. The SMILES string of the molecule is Cc1cc(=O)n2nc(Cl)c(C)c(C)c2n1. The van der Waals surface area contributed by atoms with Crippen molar-refractivity contribution in [2.24, 2.45) is 0 Å². The Labute approximate surface area is 91.5 Å². The minimum absolute atomic E-state index is 0.206. The van der Waals surface area contributed by atoms with E-state index < -0.39 is 0 Å². The third kappa shape index (κ3) is 1.51. The van der Waals surface area contributed by atoms with E-state index in [9.17, 15) is 4.79 Å². The molecule has 0 N–H and O–H groups in total. The summed E-state index contributed by atoms with van der Waals surface area (Å²) in [5, 5.41) is 4.32. The van der Waals surface area contributed by atoms with Gasteiger partial charge >= 0.3 is 0 Å². The van der Waals surface area contributed by atoms with Gasteiger partial charge in [-0.1, -0.05) is 11.6 Å².